The molecule has 0 radical (unpaired) electrons. The first-order chi connectivity index (χ1) is 6.97. The highest BCUT2D eigenvalue weighted by Crippen LogP contribution is 2.36. The fourth-order valence-electron chi connectivity index (χ4n) is 1.69. The first-order valence-corrected chi connectivity index (χ1v) is 5.63. The highest BCUT2D eigenvalue weighted by atomic mass is 15.3. The Labute approximate surface area is 91.1 Å². The van der Waals surface area contributed by atoms with Gasteiger partial charge in [-0.15, -0.1) is 10.2 Å². The summed E-state index contributed by atoms with van der Waals surface area (Å²) < 4.78 is 2.28. The van der Waals surface area contributed by atoms with Crippen LogP contribution in [-0.2, 0) is 6.54 Å². The molecule has 1 aromatic heterocycles. The zero-order valence-corrected chi connectivity index (χ0v) is 10.0. The minimum atomic E-state index is 0.133. The molecular weight excluding hydrogens is 188 g/mol. The van der Waals surface area contributed by atoms with Crippen molar-refractivity contribution >= 4 is 0 Å². The minimum absolute atomic E-state index is 0.133. The van der Waals surface area contributed by atoms with E-state index < -0.39 is 0 Å². The van der Waals surface area contributed by atoms with E-state index >= 15 is 0 Å². The first kappa shape index (κ1) is 10.6. The summed E-state index contributed by atoms with van der Waals surface area (Å²) in [6.45, 7) is 9.33. The summed E-state index contributed by atoms with van der Waals surface area (Å²) >= 11 is 0. The summed E-state index contributed by atoms with van der Waals surface area (Å²) in [7, 11) is 0. The van der Waals surface area contributed by atoms with Gasteiger partial charge in [-0.05, 0) is 40.5 Å². The number of aromatic nitrogens is 3. The summed E-state index contributed by atoms with van der Waals surface area (Å²) in [4.78, 5) is 0. The average Bonchev–Trinajstić information content (AvgIpc) is 2.87. The van der Waals surface area contributed by atoms with Gasteiger partial charge in [0.25, 0.3) is 0 Å². The van der Waals surface area contributed by atoms with Gasteiger partial charge in [-0.1, -0.05) is 0 Å². The van der Waals surface area contributed by atoms with Crippen molar-refractivity contribution in [3.63, 3.8) is 0 Å². The maximum Gasteiger partial charge on any atom is 0.147 e. The third-order valence-electron chi connectivity index (χ3n) is 2.63. The number of rotatable bonds is 3. The molecular formula is C11H20N4. The van der Waals surface area contributed by atoms with Gasteiger partial charge in [0.2, 0.25) is 0 Å². The molecule has 1 saturated carbocycles. The molecule has 84 valence electrons. The van der Waals surface area contributed by atoms with Crippen LogP contribution in [0, 0.1) is 6.92 Å². The van der Waals surface area contributed by atoms with Crippen molar-refractivity contribution in [1.29, 1.82) is 0 Å². The molecule has 1 fully saturated rings. The maximum absolute atomic E-state index is 4.23. The number of hydrogen-bond donors (Lipinski definition) is 1. The number of nitrogens with one attached hydrogen (secondary N) is 1. The molecule has 1 N–H and O–H groups in total. The molecule has 0 aliphatic heterocycles. The Bertz CT molecular complexity index is 344. The molecule has 1 aromatic rings. The molecule has 4 nitrogen and oxygen atoms in total. The van der Waals surface area contributed by atoms with E-state index in [0.717, 1.165) is 18.2 Å². The van der Waals surface area contributed by atoms with Crippen molar-refractivity contribution in [2.24, 2.45) is 0 Å². The average molecular weight is 208 g/mol. The van der Waals surface area contributed by atoms with Crippen LogP contribution in [0.5, 0.6) is 0 Å². The SMILES string of the molecule is Cc1nnc(CNC(C)(C)C)n1C1CC1. The fraction of sp³-hybridized carbons (Fsp3) is 0.818. The van der Waals surface area contributed by atoms with Gasteiger partial charge in [0.05, 0.1) is 6.54 Å². The summed E-state index contributed by atoms with van der Waals surface area (Å²) in [6.07, 6.45) is 2.56. The summed E-state index contributed by atoms with van der Waals surface area (Å²) in [5.41, 5.74) is 0.133. The summed E-state index contributed by atoms with van der Waals surface area (Å²) in [5, 5.41) is 11.8. The van der Waals surface area contributed by atoms with E-state index in [4.69, 9.17) is 0 Å². The van der Waals surface area contributed by atoms with E-state index in [1.54, 1.807) is 0 Å². The van der Waals surface area contributed by atoms with Gasteiger partial charge in [-0.25, -0.2) is 0 Å². The molecule has 0 aromatic carbocycles. The van der Waals surface area contributed by atoms with E-state index in [2.05, 4.69) is 40.9 Å². The maximum atomic E-state index is 4.23. The van der Waals surface area contributed by atoms with Crippen molar-refractivity contribution in [3.8, 4) is 0 Å². The monoisotopic (exact) mass is 208 g/mol. The molecule has 4 heteroatoms. The van der Waals surface area contributed by atoms with Crippen molar-refractivity contribution in [2.75, 3.05) is 0 Å². The third-order valence-corrected chi connectivity index (χ3v) is 2.63. The lowest BCUT2D eigenvalue weighted by molar-refractivity contribution is 0.411. The Morgan fingerprint density at radius 2 is 2.00 bits per heavy atom. The zero-order valence-electron chi connectivity index (χ0n) is 10.0. The van der Waals surface area contributed by atoms with E-state index in [1.807, 2.05) is 6.92 Å². The number of aryl methyl sites for hydroxylation is 1. The van der Waals surface area contributed by atoms with Crippen LogP contribution in [0.2, 0.25) is 0 Å². The van der Waals surface area contributed by atoms with Gasteiger partial charge in [-0.3, -0.25) is 0 Å². The normalized spacial score (nSPS) is 17.1. The predicted molar refractivity (Wildman–Crippen MR) is 59.6 cm³/mol. The molecule has 1 aliphatic carbocycles. The Balaban J connectivity index is 2.08. The van der Waals surface area contributed by atoms with Crippen LogP contribution in [0.4, 0.5) is 0 Å². The quantitative estimate of drug-likeness (QED) is 0.823. The second kappa shape index (κ2) is 3.59. The molecule has 0 saturated heterocycles. The highest BCUT2D eigenvalue weighted by molar-refractivity contribution is 5.01. The van der Waals surface area contributed by atoms with E-state index in [0.29, 0.717) is 6.04 Å². The zero-order chi connectivity index (χ0) is 11.1. The molecule has 0 bridgehead atoms. The van der Waals surface area contributed by atoms with Crippen molar-refractivity contribution in [3.05, 3.63) is 11.6 Å². The van der Waals surface area contributed by atoms with Gasteiger partial charge in [-0.2, -0.15) is 0 Å². The van der Waals surface area contributed by atoms with E-state index in [9.17, 15) is 0 Å². The third kappa shape index (κ3) is 2.56. The van der Waals surface area contributed by atoms with E-state index in [-0.39, 0.29) is 5.54 Å². The Morgan fingerprint density at radius 3 is 2.53 bits per heavy atom. The Hall–Kier alpha value is -0.900. The van der Waals surface area contributed by atoms with E-state index in [1.165, 1.54) is 12.8 Å². The summed E-state index contributed by atoms with van der Waals surface area (Å²) in [6, 6.07) is 0.664. The fourth-order valence-corrected chi connectivity index (χ4v) is 1.69. The van der Waals surface area contributed by atoms with Crippen LogP contribution in [-0.4, -0.2) is 20.3 Å². The molecule has 1 aliphatic rings. The molecule has 0 unspecified atom stereocenters. The number of nitrogens with zero attached hydrogens (tertiary/aromatic N) is 3. The lowest BCUT2D eigenvalue weighted by Gasteiger charge is -2.20. The molecule has 2 rings (SSSR count). The summed E-state index contributed by atoms with van der Waals surface area (Å²) in [5.74, 6) is 2.12. The molecule has 15 heavy (non-hydrogen) atoms. The Kier molecular flexibility index (Phi) is 2.54. The van der Waals surface area contributed by atoms with Gasteiger partial charge in [0, 0.05) is 11.6 Å². The lowest BCUT2D eigenvalue weighted by Crippen LogP contribution is -2.36. The van der Waals surface area contributed by atoms with Crippen LogP contribution in [0.3, 0.4) is 0 Å². The molecule has 0 atom stereocenters. The predicted octanol–water partition coefficient (Wildman–Crippen LogP) is 1.81. The van der Waals surface area contributed by atoms with Gasteiger partial charge in [0.1, 0.15) is 11.6 Å². The van der Waals surface area contributed by atoms with Crippen LogP contribution < -0.4 is 5.32 Å². The van der Waals surface area contributed by atoms with Gasteiger partial charge < -0.3 is 9.88 Å². The van der Waals surface area contributed by atoms with Crippen molar-refractivity contribution in [1.82, 2.24) is 20.1 Å². The van der Waals surface area contributed by atoms with Crippen molar-refractivity contribution < 1.29 is 0 Å². The second-order valence-electron chi connectivity index (χ2n) is 5.37. The second-order valence-corrected chi connectivity index (χ2v) is 5.37. The molecule has 0 spiro atoms. The molecule has 0 amide bonds. The Morgan fingerprint density at radius 1 is 1.33 bits per heavy atom. The highest BCUT2D eigenvalue weighted by Gasteiger charge is 2.28. The standard InChI is InChI=1S/C11H20N4/c1-8-13-14-10(7-12-11(2,3)4)15(8)9-5-6-9/h9,12H,5-7H2,1-4H3. The van der Waals surface area contributed by atoms with Crippen LogP contribution in [0.1, 0.15) is 51.3 Å². The van der Waals surface area contributed by atoms with Crippen LogP contribution in [0.15, 0.2) is 0 Å². The van der Waals surface area contributed by atoms with Gasteiger partial charge >= 0.3 is 0 Å². The minimum Gasteiger partial charge on any atom is -0.311 e. The number of hydrogen-bond acceptors (Lipinski definition) is 3. The van der Waals surface area contributed by atoms with Gasteiger partial charge in [0.15, 0.2) is 0 Å². The van der Waals surface area contributed by atoms with Crippen LogP contribution >= 0.6 is 0 Å². The first-order valence-electron chi connectivity index (χ1n) is 5.63. The molecule has 1 heterocycles. The lowest BCUT2D eigenvalue weighted by atomic mass is 10.1. The smallest absolute Gasteiger partial charge is 0.147 e. The van der Waals surface area contributed by atoms with Crippen LogP contribution in [0.25, 0.3) is 0 Å². The topological polar surface area (TPSA) is 42.7 Å². The van der Waals surface area contributed by atoms with Crippen molar-refractivity contribution in [2.45, 2.75) is 58.7 Å². The largest absolute Gasteiger partial charge is 0.311 e.